The van der Waals surface area contributed by atoms with Crippen LogP contribution in [0.4, 0.5) is 5.69 Å². The highest BCUT2D eigenvalue weighted by Crippen LogP contribution is 2.44. The van der Waals surface area contributed by atoms with Gasteiger partial charge < -0.3 is 10.2 Å². The van der Waals surface area contributed by atoms with Crippen LogP contribution >= 0.6 is 11.6 Å². The van der Waals surface area contributed by atoms with Crippen LogP contribution in [0.15, 0.2) is 12.1 Å². The van der Waals surface area contributed by atoms with Gasteiger partial charge in [-0.3, -0.25) is 0 Å². The molecule has 1 aromatic carbocycles. The first kappa shape index (κ1) is 16.6. The lowest BCUT2D eigenvalue weighted by atomic mass is 9.79. The van der Waals surface area contributed by atoms with E-state index in [-0.39, 0.29) is 5.54 Å². The van der Waals surface area contributed by atoms with Crippen molar-refractivity contribution >= 4 is 17.3 Å². The van der Waals surface area contributed by atoms with Gasteiger partial charge in [-0.1, -0.05) is 31.5 Å². The van der Waals surface area contributed by atoms with Crippen LogP contribution in [0.1, 0.15) is 64.5 Å². The summed E-state index contributed by atoms with van der Waals surface area (Å²) in [6.45, 7) is 14.3. The average Bonchev–Trinajstić information content (AvgIpc) is 2.39. The molecule has 3 heteroatoms. The first-order chi connectivity index (χ1) is 9.90. The van der Waals surface area contributed by atoms with Gasteiger partial charge in [0.1, 0.15) is 0 Å². The van der Waals surface area contributed by atoms with E-state index >= 15 is 0 Å². The molecule has 118 valence electrons. The SMILES string of the molecule is CCCNCc1cc2c(cc1Cl)N(CC)C(C)(C)CC2C. The number of nitrogens with one attached hydrogen (secondary N) is 1. The van der Waals surface area contributed by atoms with E-state index in [9.17, 15) is 0 Å². The quantitative estimate of drug-likeness (QED) is 0.774. The molecule has 1 atom stereocenters. The van der Waals surface area contributed by atoms with Crippen LogP contribution < -0.4 is 10.2 Å². The van der Waals surface area contributed by atoms with E-state index in [0.717, 1.165) is 31.1 Å². The Bertz CT molecular complexity index is 496. The number of nitrogens with zero attached hydrogens (tertiary/aromatic N) is 1. The summed E-state index contributed by atoms with van der Waals surface area (Å²) in [5, 5.41) is 4.35. The van der Waals surface area contributed by atoms with Gasteiger partial charge in [-0.2, -0.15) is 0 Å². The van der Waals surface area contributed by atoms with Crippen LogP contribution in [0, 0.1) is 0 Å². The summed E-state index contributed by atoms with van der Waals surface area (Å²) in [5.74, 6) is 0.583. The molecule has 1 N–H and O–H groups in total. The summed E-state index contributed by atoms with van der Waals surface area (Å²) >= 11 is 6.54. The zero-order chi connectivity index (χ0) is 15.6. The molecule has 0 saturated heterocycles. The highest BCUT2D eigenvalue weighted by molar-refractivity contribution is 6.31. The van der Waals surface area contributed by atoms with E-state index < -0.39 is 0 Å². The van der Waals surface area contributed by atoms with E-state index in [4.69, 9.17) is 11.6 Å². The fourth-order valence-corrected chi connectivity index (χ4v) is 3.91. The minimum Gasteiger partial charge on any atom is -0.366 e. The van der Waals surface area contributed by atoms with Crippen LogP contribution in [0.3, 0.4) is 0 Å². The molecule has 0 aromatic heterocycles. The van der Waals surface area contributed by atoms with Gasteiger partial charge in [-0.25, -0.2) is 0 Å². The van der Waals surface area contributed by atoms with Crippen LogP contribution in [0.2, 0.25) is 5.02 Å². The fourth-order valence-electron chi connectivity index (χ4n) is 3.68. The summed E-state index contributed by atoms with van der Waals surface area (Å²) < 4.78 is 0. The van der Waals surface area contributed by atoms with E-state index in [1.54, 1.807) is 0 Å². The summed E-state index contributed by atoms with van der Waals surface area (Å²) in [4.78, 5) is 2.50. The molecular formula is C18H29ClN2. The zero-order valence-electron chi connectivity index (χ0n) is 14.1. The van der Waals surface area contributed by atoms with E-state index in [1.165, 1.54) is 23.2 Å². The average molecular weight is 309 g/mol. The first-order valence-electron chi connectivity index (χ1n) is 8.21. The predicted molar refractivity (Wildman–Crippen MR) is 93.6 cm³/mol. The monoisotopic (exact) mass is 308 g/mol. The van der Waals surface area contributed by atoms with Gasteiger partial charge in [0.2, 0.25) is 0 Å². The molecule has 1 heterocycles. The number of fused-ring (bicyclic) bond motifs is 1. The number of anilines is 1. The molecule has 1 unspecified atom stereocenters. The van der Waals surface area contributed by atoms with Crippen molar-refractivity contribution in [3.8, 4) is 0 Å². The van der Waals surface area contributed by atoms with Crippen LogP contribution in [-0.2, 0) is 6.54 Å². The van der Waals surface area contributed by atoms with Crippen molar-refractivity contribution in [2.75, 3.05) is 18.0 Å². The maximum absolute atomic E-state index is 6.54. The summed E-state index contributed by atoms with van der Waals surface area (Å²) in [7, 11) is 0. The highest BCUT2D eigenvalue weighted by atomic mass is 35.5. The third-order valence-electron chi connectivity index (χ3n) is 4.61. The Balaban J connectivity index is 2.37. The number of benzene rings is 1. The maximum Gasteiger partial charge on any atom is 0.0471 e. The normalized spacial score (nSPS) is 20.5. The fraction of sp³-hybridized carbons (Fsp3) is 0.667. The van der Waals surface area contributed by atoms with Gasteiger partial charge in [0.15, 0.2) is 0 Å². The standard InChI is InChI=1S/C18H29ClN2/c1-6-8-20-12-14-9-15-13(3)11-18(4,5)21(7-2)17(15)10-16(14)19/h9-10,13,20H,6-8,11-12H2,1-5H3. The van der Waals surface area contributed by atoms with E-state index in [1.807, 2.05) is 0 Å². The summed E-state index contributed by atoms with van der Waals surface area (Å²) in [6.07, 6.45) is 2.34. The maximum atomic E-state index is 6.54. The molecule has 0 spiro atoms. The first-order valence-corrected chi connectivity index (χ1v) is 8.59. The van der Waals surface area contributed by atoms with Crippen LogP contribution in [-0.4, -0.2) is 18.6 Å². The number of rotatable bonds is 5. The Morgan fingerprint density at radius 3 is 2.67 bits per heavy atom. The summed E-state index contributed by atoms with van der Waals surface area (Å²) in [6, 6.07) is 4.50. The van der Waals surface area contributed by atoms with Gasteiger partial charge in [-0.15, -0.1) is 0 Å². The lowest BCUT2D eigenvalue weighted by Gasteiger charge is -2.47. The van der Waals surface area contributed by atoms with Crippen LogP contribution in [0.25, 0.3) is 0 Å². The van der Waals surface area contributed by atoms with Crippen LogP contribution in [0.5, 0.6) is 0 Å². The largest absolute Gasteiger partial charge is 0.366 e. The molecule has 0 radical (unpaired) electrons. The van der Waals surface area contributed by atoms with Crippen molar-refractivity contribution in [3.63, 3.8) is 0 Å². The van der Waals surface area contributed by atoms with Crippen molar-refractivity contribution in [1.82, 2.24) is 5.32 Å². The minimum absolute atomic E-state index is 0.201. The molecule has 0 amide bonds. The van der Waals surface area contributed by atoms with E-state index in [2.05, 4.69) is 57.0 Å². The molecule has 1 aliphatic rings. The molecule has 0 aliphatic carbocycles. The molecule has 0 bridgehead atoms. The Kier molecular flexibility index (Phi) is 5.21. The molecule has 1 aliphatic heterocycles. The van der Waals surface area contributed by atoms with E-state index in [0.29, 0.717) is 5.92 Å². The lowest BCUT2D eigenvalue weighted by molar-refractivity contribution is 0.381. The number of hydrogen-bond donors (Lipinski definition) is 1. The van der Waals surface area contributed by atoms with Crippen molar-refractivity contribution in [3.05, 3.63) is 28.3 Å². The molecule has 2 nitrogen and oxygen atoms in total. The Hall–Kier alpha value is -0.730. The number of halogens is 1. The van der Waals surface area contributed by atoms with Gasteiger partial charge in [0, 0.05) is 29.3 Å². The Morgan fingerprint density at radius 1 is 1.33 bits per heavy atom. The second-order valence-electron chi connectivity index (χ2n) is 6.84. The second kappa shape index (κ2) is 6.58. The van der Waals surface area contributed by atoms with Gasteiger partial charge in [0.25, 0.3) is 0 Å². The van der Waals surface area contributed by atoms with Crippen molar-refractivity contribution in [2.45, 2.75) is 65.5 Å². The Labute approximate surface area is 134 Å². The molecule has 0 saturated carbocycles. The van der Waals surface area contributed by atoms with Crippen molar-refractivity contribution in [2.24, 2.45) is 0 Å². The molecular weight excluding hydrogens is 280 g/mol. The minimum atomic E-state index is 0.201. The van der Waals surface area contributed by atoms with Gasteiger partial charge in [0.05, 0.1) is 0 Å². The highest BCUT2D eigenvalue weighted by Gasteiger charge is 2.35. The summed E-state index contributed by atoms with van der Waals surface area (Å²) in [5.41, 5.74) is 4.21. The smallest absolute Gasteiger partial charge is 0.0471 e. The third-order valence-corrected chi connectivity index (χ3v) is 4.96. The lowest BCUT2D eigenvalue weighted by Crippen LogP contribution is -2.48. The third kappa shape index (κ3) is 3.37. The second-order valence-corrected chi connectivity index (χ2v) is 7.25. The molecule has 0 fully saturated rings. The number of hydrogen-bond acceptors (Lipinski definition) is 2. The topological polar surface area (TPSA) is 15.3 Å². The van der Waals surface area contributed by atoms with Crippen molar-refractivity contribution < 1.29 is 0 Å². The molecule has 1 aromatic rings. The zero-order valence-corrected chi connectivity index (χ0v) is 14.8. The van der Waals surface area contributed by atoms with Gasteiger partial charge >= 0.3 is 0 Å². The van der Waals surface area contributed by atoms with Crippen molar-refractivity contribution in [1.29, 1.82) is 0 Å². The predicted octanol–water partition coefficient (Wildman–Crippen LogP) is 4.95. The Morgan fingerprint density at radius 2 is 2.05 bits per heavy atom. The molecule has 21 heavy (non-hydrogen) atoms. The molecule has 2 rings (SSSR count). The van der Waals surface area contributed by atoms with Gasteiger partial charge in [-0.05, 0) is 63.3 Å².